The lowest BCUT2D eigenvalue weighted by Gasteiger charge is -2.06. The minimum absolute atomic E-state index is 0.447. The molecule has 0 bridgehead atoms. The van der Waals surface area contributed by atoms with Crippen molar-refractivity contribution in [3.8, 4) is 6.07 Å². The SMILES string of the molecule is N#Cc1ccc(Br)cc1Nc1ncc(Br)cn1. The molecule has 0 saturated carbocycles. The largest absolute Gasteiger partial charge is 0.323 e. The number of nitrogens with zero attached hydrogens (tertiary/aromatic N) is 3. The molecule has 0 amide bonds. The molecular weight excluding hydrogens is 348 g/mol. The molecule has 0 spiro atoms. The molecule has 4 nitrogen and oxygen atoms in total. The van der Waals surface area contributed by atoms with Crippen molar-refractivity contribution in [3.05, 3.63) is 45.1 Å². The molecule has 1 aromatic heterocycles. The predicted octanol–water partition coefficient (Wildman–Crippen LogP) is 3.62. The summed E-state index contributed by atoms with van der Waals surface area (Å²) in [6.45, 7) is 0. The fourth-order valence-electron chi connectivity index (χ4n) is 1.21. The summed E-state index contributed by atoms with van der Waals surface area (Å²) in [5.41, 5.74) is 1.21. The number of nitrogens with one attached hydrogen (secondary N) is 1. The van der Waals surface area contributed by atoms with Crippen molar-refractivity contribution in [2.45, 2.75) is 0 Å². The molecule has 0 fully saturated rings. The van der Waals surface area contributed by atoms with Gasteiger partial charge in [0.25, 0.3) is 0 Å². The van der Waals surface area contributed by atoms with Gasteiger partial charge < -0.3 is 5.32 Å². The Labute approximate surface area is 115 Å². The van der Waals surface area contributed by atoms with E-state index in [9.17, 15) is 0 Å². The molecule has 0 aliphatic heterocycles. The summed E-state index contributed by atoms with van der Waals surface area (Å²) in [7, 11) is 0. The van der Waals surface area contributed by atoms with Crippen LogP contribution in [0.25, 0.3) is 0 Å². The van der Waals surface area contributed by atoms with Crippen LogP contribution < -0.4 is 5.32 Å². The Morgan fingerprint density at radius 3 is 2.47 bits per heavy atom. The average Bonchev–Trinajstić information content (AvgIpc) is 2.32. The number of halogens is 2. The normalized spacial score (nSPS) is 9.71. The highest BCUT2D eigenvalue weighted by Gasteiger charge is 2.04. The first kappa shape index (κ1) is 12.0. The maximum Gasteiger partial charge on any atom is 0.227 e. The number of nitriles is 1. The minimum atomic E-state index is 0.447. The summed E-state index contributed by atoms with van der Waals surface area (Å²) in [5.74, 6) is 0.447. The summed E-state index contributed by atoms with van der Waals surface area (Å²) >= 11 is 6.61. The van der Waals surface area contributed by atoms with Crippen LogP contribution in [0.5, 0.6) is 0 Å². The minimum Gasteiger partial charge on any atom is -0.323 e. The van der Waals surface area contributed by atoms with Gasteiger partial charge in [-0.3, -0.25) is 0 Å². The second kappa shape index (κ2) is 5.25. The molecule has 2 aromatic rings. The zero-order chi connectivity index (χ0) is 12.3. The molecule has 0 atom stereocenters. The van der Waals surface area contributed by atoms with E-state index in [-0.39, 0.29) is 0 Å². The standard InChI is InChI=1S/C11H6Br2N4/c12-8-2-1-7(4-14)10(3-8)17-11-15-5-9(13)6-16-11/h1-3,5-6H,(H,15,16,17). The molecule has 0 saturated heterocycles. The Hall–Kier alpha value is -1.45. The molecule has 2 rings (SSSR count). The number of rotatable bonds is 2. The Bertz CT molecular complexity index is 575. The molecular formula is C11H6Br2N4. The maximum absolute atomic E-state index is 8.98. The molecule has 1 N–H and O–H groups in total. The highest BCUT2D eigenvalue weighted by Crippen LogP contribution is 2.23. The Balaban J connectivity index is 2.32. The van der Waals surface area contributed by atoms with Gasteiger partial charge in [0.15, 0.2) is 0 Å². The van der Waals surface area contributed by atoms with E-state index in [1.54, 1.807) is 18.5 Å². The van der Waals surface area contributed by atoms with Gasteiger partial charge in [-0.25, -0.2) is 9.97 Å². The predicted molar refractivity (Wildman–Crippen MR) is 71.9 cm³/mol. The van der Waals surface area contributed by atoms with Gasteiger partial charge in [0, 0.05) is 16.9 Å². The molecule has 84 valence electrons. The molecule has 0 radical (unpaired) electrons. The monoisotopic (exact) mass is 352 g/mol. The second-order valence-electron chi connectivity index (χ2n) is 3.15. The van der Waals surface area contributed by atoms with Gasteiger partial charge in [0.2, 0.25) is 5.95 Å². The molecule has 17 heavy (non-hydrogen) atoms. The topological polar surface area (TPSA) is 61.6 Å². The quantitative estimate of drug-likeness (QED) is 0.895. The van der Waals surface area contributed by atoms with Crippen LogP contribution in [-0.2, 0) is 0 Å². The van der Waals surface area contributed by atoms with Crippen molar-refractivity contribution in [1.82, 2.24) is 9.97 Å². The highest BCUT2D eigenvalue weighted by molar-refractivity contribution is 9.10. The van der Waals surface area contributed by atoms with Crippen LogP contribution in [0.2, 0.25) is 0 Å². The van der Waals surface area contributed by atoms with E-state index < -0.39 is 0 Å². The van der Waals surface area contributed by atoms with Crippen molar-refractivity contribution in [1.29, 1.82) is 5.26 Å². The molecule has 0 aliphatic rings. The van der Waals surface area contributed by atoms with Crippen LogP contribution in [-0.4, -0.2) is 9.97 Å². The number of anilines is 2. The van der Waals surface area contributed by atoms with Crippen LogP contribution >= 0.6 is 31.9 Å². The zero-order valence-electron chi connectivity index (χ0n) is 8.48. The molecule has 6 heteroatoms. The smallest absolute Gasteiger partial charge is 0.227 e. The van der Waals surface area contributed by atoms with Gasteiger partial charge in [-0.15, -0.1) is 0 Å². The second-order valence-corrected chi connectivity index (χ2v) is 4.98. The summed E-state index contributed by atoms with van der Waals surface area (Å²) in [4.78, 5) is 8.17. The summed E-state index contributed by atoms with van der Waals surface area (Å²) in [6.07, 6.45) is 3.28. The Morgan fingerprint density at radius 2 is 1.82 bits per heavy atom. The lowest BCUT2D eigenvalue weighted by Crippen LogP contribution is -1.98. The lowest BCUT2D eigenvalue weighted by atomic mass is 10.2. The van der Waals surface area contributed by atoms with Crippen molar-refractivity contribution in [3.63, 3.8) is 0 Å². The number of aromatic nitrogens is 2. The fourth-order valence-corrected chi connectivity index (χ4v) is 1.78. The molecule has 1 aromatic carbocycles. The summed E-state index contributed by atoms with van der Waals surface area (Å²) in [5, 5.41) is 12.0. The summed E-state index contributed by atoms with van der Waals surface area (Å²) in [6, 6.07) is 7.45. The Kier molecular flexibility index (Phi) is 3.71. The number of hydrogen-bond acceptors (Lipinski definition) is 4. The van der Waals surface area contributed by atoms with E-state index in [1.807, 2.05) is 12.1 Å². The van der Waals surface area contributed by atoms with Crippen molar-refractivity contribution in [2.75, 3.05) is 5.32 Å². The highest BCUT2D eigenvalue weighted by atomic mass is 79.9. The van der Waals surface area contributed by atoms with E-state index in [0.717, 1.165) is 8.95 Å². The first-order valence-electron chi connectivity index (χ1n) is 4.63. The van der Waals surface area contributed by atoms with Crippen LogP contribution in [0.3, 0.4) is 0 Å². The van der Waals surface area contributed by atoms with Crippen molar-refractivity contribution < 1.29 is 0 Å². The van der Waals surface area contributed by atoms with Crippen LogP contribution in [0.15, 0.2) is 39.5 Å². The van der Waals surface area contributed by atoms with Gasteiger partial charge in [-0.1, -0.05) is 15.9 Å². The summed E-state index contributed by atoms with van der Waals surface area (Å²) < 4.78 is 1.69. The van der Waals surface area contributed by atoms with Crippen LogP contribution in [0.4, 0.5) is 11.6 Å². The number of benzene rings is 1. The van der Waals surface area contributed by atoms with Crippen LogP contribution in [0.1, 0.15) is 5.56 Å². The molecule has 0 unspecified atom stereocenters. The Morgan fingerprint density at radius 1 is 1.12 bits per heavy atom. The first-order valence-corrected chi connectivity index (χ1v) is 6.22. The van der Waals surface area contributed by atoms with Crippen molar-refractivity contribution in [2.24, 2.45) is 0 Å². The first-order chi connectivity index (χ1) is 8.19. The number of hydrogen-bond donors (Lipinski definition) is 1. The molecule has 0 aliphatic carbocycles. The van der Waals surface area contributed by atoms with Gasteiger partial charge in [0.05, 0.1) is 15.7 Å². The third kappa shape index (κ3) is 3.02. The van der Waals surface area contributed by atoms with E-state index in [4.69, 9.17) is 5.26 Å². The van der Waals surface area contributed by atoms with E-state index in [0.29, 0.717) is 17.2 Å². The zero-order valence-corrected chi connectivity index (χ0v) is 11.7. The van der Waals surface area contributed by atoms with E-state index in [1.165, 1.54) is 0 Å². The third-order valence-electron chi connectivity index (χ3n) is 1.97. The van der Waals surface area contributed by atoms with Gasteiger partial charge in [-0.05, 0) is 34.1 Å². The van der Waals surface area contributed by atoms with E-state index in [2.05, 4.69) is 53.2 Å². The van der Waals surface area contributed by atoms with Gasteiger partial charge in [-0.2, -0.15) is 5.26 Å². The maximum atomic E-state index is 8.98. The fraction of sp³-hybridized carbons (Fsp3) is 0. The van der Waals surface area contributed by atoms with Gasteiger partial charge >= 0.3 is 0 Å². The van der Waals surface area contributed by atoms with Gasteiger partial charge in [0.1, 0.15) is 6.07 Å². The lowest BCUT2D eigenvalue weighted by molar-refractivity contribution is 1.15. The van der Waals surface area contributed by atoms with Crippen LogP contribution in [0, 0.1) is 11.3 Å². The third-order valence-corrected chi connectivity index (χ3v) is 2.87. The van der Waals surface area contributed by atoms with Crippen molar-refractivity contribution >= 4 is 43.5 Å². The molecule has 1 heterocycles. The average molecular weight is 354 g/mol. The van der Waals surface area contributed by atoms with E-state index >= 15 is 0 Å².